The summed E-state index contributed by atoms with van der Waals surface area (Å²) in [6.07, 6.45) is 4.29. The summed E-state index contributed by atoms with van der Waals surface area (Å²) in [5.74, 6) is 3.93. The minimum absolute atomic E-state index is 0.0663. The topological polar surface area (TPSA) is 175 Å². The molecule has 3 fully saturated rings. The molecule has 3 aromatic heterocycles. The van der Waals surface area contributed by atoms with E-state index in [-0.39, 0.29) is 43.0 Å². The summed E-state index contributed by atoms with van der Waals surface area (Å²) >= 11 is 1.41. The van der Waals surface area contributed by atoms with Crippen molar-refractivity contribution >= 4 is 52.0 Å². The SMILES string of the molecule is CCn1c(-c2cccnc2[C@H](C)OC)c2c3cc(ccc31)-c1csc(n1)C[C@H](NC(=O)[C@H](C(C)C)N(C)C(=O)N1CC(N(C)C(=O)C#CC(C)(C)N3CCC3)C1)C(=O)N1CCC[C@H](N1)C(=O)OCC(C)(C)C2. The van der Waals surface area contributed by atoms with Crippen LogP contribution < -0.4 is 10.7 Å². The molecule has 0 aliphatic carbocycles. The monoisotopic (exact) mass is 1000 g/mol. The Kier molecular flexibility index (Phi) is 15.5. The number of amides is 5. The summed E-state index contributed by atoms with van der Waals surface area (Å²) in [6, 6.07) is 7.00. The maximum absolute atomic E-state index is 14.7. The predicted molar refractivity (Wildman–Crippen MR) is 277 cm³/mol. The van der Waals surface area contributed by atoms with Gasteiger partial charge in [-0.25, -0.2) is 15.2 Å². The van der Waals surface area contributed by atoms with E-state index in [2.05, 4.69) is 77.1 Å². The molecule has 386 valence electrons. The van der Waals surface area contributed by atoms with Gasteiger partial charge in [-0.2, -0.15) is 0 Å². The third-order valence-corrected chi connectivity index (χ3v) is 15.8. The smallest absolute Gasteiger partial charge is 0.324 e. The fourth-order valence-electron chi connectivity index (χ4n) is 10.4. The Bertz CT molecular complexity index is 2760. The van der Waals surface area contributed by atoms with E-state index in [4.69, 9.17) is 19.4 Å². The van der Waals surface area contributed by atoms with Crippen LogP contribution in [-0.4, -0.2) is 159 Å². The van der Waals surface area contributed by atoms with Crippen LogP contribution in [0.5, 0.6) is 0 Å². The number of hydrogen-bond donors (Lipinski definition) is 2. The average molecular weight is 1010 g/mol. The van der Waals surface area contributed by atoms with Crippen LogP contribution in [0.4, 0.5) is 4.79 Å². The summed E-state index contributed by atoms with van der Waals surface area (Å²) in [7, 11) is 4.98. The van der Waals surface area contributed by atoms with Gasteiger partial charge in [0.1, 0.15) is 18.1 Å². The van der Waals surface area contributed by atoms with Crippen molar-refractivity contribution in [2.45, 2.75) is 130 Å². The number of nitrogens with zero attached hydrogens (tertiary/aromatic N) is 8. The molecule has 7 heterocycles. The quantitative estimate of drug-likeness (QED) is 0.143. The lowest BCUT2D eigenvalue weighted by molar-refractivity contribution is -0.155. The second kappa shape index (κ2) is 21.3. The number of pyridine rings is 1. The Morgan fingerprint density at radius 2 is 1.83 bits per heavy atom. The van der Waals surface area contributed by atoms with Crippen molar-refractivity contribution in [2.75, 3.05) is 60.5 Å². The summed E-state index contributed by atoms with van der Waals surface area (Å²) < 4.78 is 14.3. The number of rotatable bonds is 10. The van der Waals surface area contributed by atoms with Crippen LogP contribution in [-0.2, 0) is 48.0 Å². The number of hydrazine groups is 1. The number of cyclic esters (lactones) is 1. The van der Waals surface area contributed by atoms with Crippen molar-refractivity contribution in [1.29, 1.82) is 0 Å². The molecule has 4 aliphatic rings. The van der Waals surface area contributed by atoms with Crippen LogP contribution in [0.1, 0.15) is 97.0 Å². The number of aromatic nitrogens is 3. The van der Waals surface area contributed by atoms with Crippen LogP contribution in [0.3, 0.4) is 0 Å². The van der Waals surface area contributed by atoms with E-state index in [9.17, 15) is 24.0 Å². The van der Waals surface area contributed by atoms with Crippen molar-refractivity contribution in [1.82, 2.24) is 49.9 Å². The van der Waals surface area contributed by atoms with Crippen LogP contribution in [0.15, 0.2) is 41.9 Å². The number of aryl methyl sites for hydroxylation is 1. The van der Waals surface area contributed by atoms with E-state index in [1.165, 1.54) is 21.2 Å². The molecule has 18 heteroatoms. The molecular formula is C54H72N10O7S. The maximum atomic E-state index is 14.7. The van der Waals surface area contributed by atoms with Crippen LogP contribution in [0.25, 0.3) is 33.4 Å². The Balaban J connectivity index is 1.07. The lowest BCUT2D eigenvalue weighted by Gasteiger charge is -2.46. The highest BCUT2D eigenvalue weighted by Gasteiger charge is 2.42. The summed E-state index contributed by atoms with van der Waals surface area (Å²) in [5, 5.41) is 8.11. The molecule has 3 saturated heterocycles. The van der Waals surface area contributed by atoms with Gasteiger partial charge in [0, 0.05) is 106 Å². The highest BCUT2D eigenvalue weighted by molar-refractivity contribution is 7.10. The fourth-order valence-corrected chi connectivity index (χ4v) is 11.2. The third kappa shape index (κ3) is 10.8. The number of hydrogen-bond acceptors (Lipinski definition) is 12. The molecule has 5 amide bonds. The van der Waals surface area contributed by atoms with Gasteiger partial charge in [-0.15, -0.1) is 11.3 Å². The van der Waals surface area contributed by atoms with Gasteiger partial charge in [-0.05, 0) is 95.0 Å². The molecule has 0 saturated carbocycles. The minimum Gasteiger partial charge on any atom is -0.464 e. The highest BCUT2D eigenvalue weighted by atomic mass is 32.1. The zero-order chi connectivity index (χ0) is 51.8. The number of benzene rings is 1. The van der Waals surface area contributed by atoms with Gasteiger partial charge >= 0.3 is 12.0 Å². The number of fused-ring (bicyclic) bond motifs is 6. The molecule has 4 aliphatic heterocycles. The second-order valence-electron chi connectivity index (χ2n) is 21.5. The van der Waals surface area contributed by atoms with Gasteiger partial charge < -0.3 is 34.1 Å². The van der Waals surface area contributed by atoms with E-state index >= 15 is 0 Å². The highest BCUT2D eigenvalue weighted by Crippen LogP contribution is 2.42. The van der Waals surface area contributed by atoms with E-state index in [1.54, 1.807) is 37.2 Å². The first-order valence-electron chi connectivity index (χ1n) is 25.4. The van der Waals surface area contributed by atoms with Gasteiger partial charge in [0.05, 0.1) is 46.4 Å². The Labute approximate surface area is 427 Å². The molecule has 1 aromatic carbocycles. The molecule has 6 bridgehead atoms. The number of carbonyl (C=O) groups excluding carboxylic acids is 5. The number of methoxy groups -OCH3 is 1. The van der Waals surface area contributed by atoms with E-state index in [0.29, 0.717) is 50.4 Å². The Morgan fingerprint density at radius 1 is 1.08 bits per heavy atom. The number of ether oxygens (including phenoxy) is 2. The second-order valence-corrected chi connectivity index (χ2v) is 22.4. The zero-order valence-corrected chi connectivity index (χ0v) is 44.7. The number of nitrogens with one attached hydrogen (secondary N) is 2. The molecule has 0 radical (unpaired) electrons. The summed E-state index contributed by atoms with van der Waals surface area (Å²) in [6.45, 7) is 19.7. The number of thiazole rings is 1. The number of esters is 1. The molecule has 2 N–H and O–H groups in total. The molecule has 8 rings (SSSR count). The molecule has 4 aromatic rings. The van der Waals surface area contributed by atoms with Gasteiger partial charge in [0.15, 0.2) is 0 Å². The van der Waals surface area contributed by atoms with E-state index < -0.39 is 46.9 Å². The maximum Gasteiger partial charge on any atom is 0.324 e. The number of likely N-dealkylation sites (tertiary alicyclic amines) is 2. The molecule has 0 spiro atoms. The van der Waals surface area contributed by atoms with Gasteiger partial charge in [0.25, 0.3) is 11.8 Å². The zero-order valence-electron chi connectivity index (χ0n) is 43.8. The standard InChI is InChI=1S/C54H72N10O7S/c1-12-63-43-19-18-35-26-38(43)39(48(63)37-16-13-22-55-46(37)34(4)70-11)28-53(5,6)32-71-51(68)40-17-14-25-64(58-40)50(67)41(27-44-56-42(35)31-72-44)57-49(66)47(33(2)3)60(10)52(69)61-29-36(30-61)59(9)45(65)20-21-54(7,8)62-23-15-24-62/h13,16,18-19,22,26,31,33-34,36,40-41,47,58H,12,14-15,17,23-25,27-30,32H2,1-11H3,(H,57,66)/t34-,40-,41-,47-/m0/s1. The molecule has 72 heavy (non-hydrogen) atoms. The number of urea groups is 1. The predicted octanol–water partition coefficient (Wildman–Crippen LogP) is 5.91. The average Bonchev–Trinajstić information content (AvgIpc) is 3.91. The van der Waals surface area contributed by atoms with Crippen molar-refractivity contribution in [2.24, 2.45) is 11.3 Å². The Morgan fingerprint density at radius 3 is 2.51 bits per heavy atom. The van der Waals surface area contributed by atoms with E-state index in [0.717, 1.165) is 64.2 Å². The number of likely N-dealkylation sites (N-methyl/N-ethyl adjacent to an activating group) is 2. The molecule has 4 atom stereocenters. The van der Waals surface area contributed by atoms with E-state index in [1.807, 2.05) is 46.1 Å². The van der Waals surface area contributed by atoms with Gasteiger partial charge in [0.2, 0.25) is 5.91 Å². The van der Waals surface area contributed by atoms with Crippen LogP contribution in [0.2, 0.25) is 0 Å². The first-order chi connectivity index (χ1) is 34.2. The van der Waals surface area contributed by atoms with Crippen molar-refractivity contribution in [3.05, 3.63) is 58.2 Å². The van der Waals surface area contributed by atoms with Gasteiger partial charge in [-0.1, -0.05) is 39.7 Å². The normalized spacial score (nSPS) is 20.6. The fraction of sp³-hybridized carbons (Fsp3) is 0.574. The first-order valence-corrected chi connectivity index (χ1v) is 26.3. The molecule has 17 nitrogen and oxygen atoms in total. The van der Waals surface area contributed by atoms with Crippen molar-refractivity contribution < 1.29 is 33.4 Å². The first kappa shape index (κ1) is 52.5. The Hall–Kier alpha value is -5.87. The van der Waals surface area contributed by atoms with Crippen LogP contribution in [0, 0.1) is 23.2 Å². The van der Waals surface area contributed by atoms with Crippen LogP contribution >= 0.6 is 11.3 Å². The minimum atomic E-state index is -1.10. The van der Waals surface area contributed by atoms with Crippen molar-refractivity contribution in [3.63, 3.8) is 0 Å². The summed E-state index contributed by atoms with van der Waals surface area (Å²) in [4.78, 5) is 87.1. The third-order valence-electron chi connectivity index (χ3n) is 14.9. The number of carbonyl (C=O) groups is 5. The molecular weight excluding hydrogens is 933 g/mol. The van der Waals surface area contributed by atoms with Gasteiger partial charge in [-0.3, -0.25) is 34.1 Å². The molecule has 0 unspecified atom stereocenters. The summed E-state index contributed by atoms with van der Waals surface area (Å²) in [5.41, 5.74) is 8.85. The largest absolute Gasteiger partial charge is 0.464 e. The lowest BCUT2D eigenvalue weighted by Crippen LogP contribution is -2.66. The van der Waals surface area contributed by atoms with Crippen molar-refractivity contribution in [3.8, 4) is 34.4 Å². The lowest BCUT2D eigenvalue weighted by atomic mass is 9.84.